The van der Waals surface area contributed by atoms with E-state index in [-0.39, 0.29) is 17.3 Å². The third kappa shape index (κ3) is 7.24. The first-order valence-electron chi connectivity index (χ1n) is 4.97. The minimum Gasteiger partial charge on any atom is -0.449 e. The second kappa shape index (κ2) is 9.01. The number of nitriles is 1. The van der Waals surface area contributed by atoms with Crippen LogP contribution in [0.1, 0.15) is 6.92 Å². The Bertz CT molecular complexity index is 409. The zero-order chi connectivity index (χ0) is 14.0. The highest BCUT2D eigenvalue weighted by Gasteiger charge is 2.01. The lowest BCUT2D eigenvalue weighted by molar-refractivity contribution is 0.152. The van der Waals surface area contributed by atoms with Gasteiger partial charge in [0.2, 0.25) is 0 Å². The van der Waals surface area contributed by atoms with Crippen molar-refractivity contribution >= 4 is 30.2 Å². The molecule has 0 aromatic rings. The Morgan fingerprint density at radius 3 is 2.78 bits per heavy atom. The van der Waals surface area contributed by atoms with Gasteiger partial charge in [0, 0.05) is 14.1 Å². The summed E-state index contributed by atoms with van der Waals surface area (Å²) in [6, 6.07) is 1.81. The number of amides is 1. The first kappa shape index (κ1) is 15.9. The standard InChI is InChI=1S/C10H14ClN5O2/c1-4-18-10(17)15-14-6-8(5-12)9(11)13-7-16(2)3/h6-7H,4H2,1-3H3,(H,15,17). The van der Waals surface area contributed by atoms with E-state index < -0.39 is 6.09 Å². The SMILES string of the molecule is CCOC(=O)NN=CC(C#N)=C(Cl)N=CN(C)C. The molecule has 0 aromatic heterocycles. The molecule has 0 aliphatic rings. The highest BCUT2D eigenvalue weighted by atomic mass is 35.5. The number of aliphatic imine (C=N–C) groups is 1. The molecule has 0 bridgehead atoms. The second-order valence-electron chi connectivity index (χ2n) is 3.11. The highest BCUT2D eigenvalue weighted by molar-refractivity contribution is 6.31. The molecule has 0 saturated heterocycles. The van der Waals surface area contributed by atoms with Crippen molar-refractivity contribution in [2.24, 2.45) is 10.1 Å². The number of hydrazone groups is 1. The van der Waals surface area contributed by atoms with Crippen molar-refractivity contribution in [1.29, 1.82) is 5.26 Å². The van der Waals surface area contributed by atoms with Crippen LogP contribution in [0.5, 0.6) is 0 Å². The topological polar surface area (TPSA) is 90.1 Å². The molecule has 7 nitrogen and oxygen atoms in total. The molecular formula is C10H14ClN5O2. The number of allylic oxidation sites excluding steroid dienone is 1. The van der Waals surface area contributed by atoms with Gasteiger partial charge in [-0.15, -0.1) is 0 Å². The summed E-state index contributed by atoms with van der Waals surface area (Å²) in [6.45, 7) is 1.90. The Morgan fingerprint density at radius 2 is 2.28 bits per heavy atom. The van der Waals surface area contributed by atoms with Gasteiger partial charge in [-0.2, -0.15) is 10.4 Å². The van der Waals surface area contributed by atoms with E-state index in [1.165, 1.54) is 6.34 Å². The Labute approximate surface area is 110 Å². The molecule has 0 fully saturated rings. The number of ether oxygens (including phenoxy) is 1. The average Bonchev–Trinajstić information content (AvgIpc) is 2.32. The summed E-state index contributed by atoms with van der Waals surface area (Å²) in [7, 11) is 3.52. The van der Waals surface area contributed by atoms with Crippen LogP contribution in [0, 0.1) is 11.3 Å². The van der Waals surface area contributed by atoms with Gasteiger partial charge < -0.3 is 9.64 Å². The second-order valence-corrected chi connectivity index (χ2v) is 3.47. The number of hydrogen-bond donors (Lipinski definition) is 1. The highest BCUT2D eigenvalue weighted by Crippen LogP contribution is 2.08. The van der Waals surface area contributed by atoms with E-state index >= 15 is 0 Å². The summed E-state index contributed by atoms with van der Waals surface area (Å²) in [5.41, 5.74) is 2.09. The maximum atomic E-state index is 10.9. The van der Waals surface area contributed by atoms with Crippen LogP contribution >= 0.6 is 11.6 Å². The lowest BCUT2D eigenvalue weighted by Gasteiger charge is -2.01. The number of rotatable bonds is 5. The first-order chi connectivity index (χ1) is 8.51. The number of carbonyl (C=O) groups is 1. The Kier molecular flexibility index (Phi) is 7.98. The van der Waals surface area contributed by atoms with Gasteiger partial charge in [0.15, 0.2) is 0 Å². The van der Waals surface area contributed by atoms with Crippen LogP contribution in [-0.2, 0) is 4.74 Å². The molecule has 0 aromatic carbocycles. The number of halogens is 1. The average molecular weight is 272 g/mol. The number of carbonyl (C=O) groups excluding carboxylic acids is 1. The van der Waals surface area contributed by atoms with E-state index in [2.05, 4.69) is 20.3 Å². The summed E-state index contributed by atoms with van der Waals surface area (Å²) in [4.78, 5) is 16.4. The lowest BCUT2D eigenvalue weighted by Crippen LogP contribution is -2.18. The number of nitrogens with zero attached hydrogens (tertiary/aromatic N) is 4. The molecule has 0 atom stereocenters. The minimum atomic E-state index is -0.709. The molecular weight excluding hydrogens is 258 g/mol. The first-order valence-corrected chi connectivity index (χ1v) is 5.35. The van der Waals surface area contributed by atoms with Crippen LogP contribution < -0.4 is 5.43 Å². The Morgan fingerprint density at radius 1 is 1.61 bits per heavy atom. The fourth-order valence-electron chi connectivity index (χ4n) is 0.677. The van der Waals surface area contributed by atoms with Gasteiger partial charge in [-0.1, -0.05) is 11.6 Å². The monoisotopic (exact) mass is 271 g/mol. The molecule has 0 unspecified atom stereocenters. The van der Waals surface area contributed by atoms with E-state index in [1.54, 1.807) is 32.0 Å². The van der Waals surface area contributed by atoms with Gasteiger partial charge in [0.05, 0.1) is 19.2 Å². The molecule has 8 heteroatoms. The Hall–Kier alpha value is -2.07. The van der Waals surface area contributed by atoms with Crippen LogP contribution in [0.3, 0.4) is 0 Å². The predicted molar refractivity (Wildman–Crippen MR) is 69.3 cm³/mol. The van der Waals surface area contributed by atoms with E-state index in [1.807, 2.05) is 0 Å². The smallest absolute Gasteiger partial charge is 0.427 e. The van der Waals surface area contributed by atoms with Gasteiger partial charge in [0.25, 0.3) is 0 Å². The van der Waals surface area contributed by atoms with Crippen LogP contribution in [0.15, 0.2) is 20.8 Å². The van der Waals surface area contributed by atoms with Crippen molar-refractivity contribution in [2.45, 2.75) is 6.92 Å². The third-order valence-electron chi connectivity index (χ3n) is 1.37. The fraction of sp³-hybridized carbons (Fsp3) is 0.400. The zero-order valence-corrected chi connectivity index (χ0v) is 11.1. The summed E-state index contributed by atoms with van der Waals surface area (Å²) in [5, 5.41) is 12.3. The zero-order valence-electron chi connectivity index (χ0n) is 10.3. The van der Waals surface area contributed by atoms with Gasteiger partial charge in [-0.05, 0) is 6.92 Å². The summed E-state index contributed by atoms with van der Waals surface area (Å²) < 4.78 is 4.56. The number of hydrogen-bond acceptors (Lipinski definition) is 5. The molecule has 0 spiro atoms. The normalized spacial score (nSPS) is 12.2. The van der Waals surface area contributed by atoms with Crippen molar-refractivity contribution in [3.8, 4) is 6.07 Å². The molecule has 18 heavy (non-hydrogen) atoms. The Balaban J connectivity index is 4.60. The molecule has 0 radical (unpaired) electrons. The molecule has 1 amide bonds. The molecule has 1 N–H and O–H groups in total. The van der Waals surface area contributed by atoms with Gasteiger partial charge in [0.1, 0.15) is 16.8 Å². The van der Waals surface area contributed by atoms with Gasteiger partial charge >= 0.3 is 6.09 Å². The van der Waals surface area contributed by atoms with Crippen molar-refractivity contribution in [3.63, 3.8) is 0 Å². The quantitative estimate of drug-likeness (QED) is 0.268. The van der Waals surface area contributed by atoms with Crippen LogP contribution in [0.25, 0.3) is 0 Å². The maximum Gasteiger partial charge on any atom is 0.427 e. The predicted octanol–water partition coefficient (Wildman–Crippen LogP) is 1.28. The fourth-order valence-corrected chi connectivity index (χ4v) is 0.812. The number of nitrogens with one attached hydrogen (secondary N) is 1. The van der Waals surface area contributed by atoms with E-state index in [0.717, 1.165) is 6.21 Å². The minimum absolute atomic E-state index is 0.0200. The summed E-state index contributed by atoms with van der Waals surface area (Å²) >= 11 is 5.76. The molecule has 98 valence electrons. The van der Waals surface area contributed by atoms with Gasteiger partial charge in [-0.25, -0.2) is 15.2 Å². The maximum absolute atomic E-state index is 10.9. The van der Waals surface area contributed by atoms with E-state index in [9.17, 15) is 4.79 Å². The molecule has 0 heterocycles. The van der Waals surface area contributed by atoms with E-state index in [0.29, 0.717) is 0 Å². The van der Waals surface area contributed by atoms with Crippen molar-refractivity contribution in [1.82, 2.24) is 10.3 Å². The van der Waals surface area contributed by atoms with Crippen molar-refractivity contribution in [3.05, 3.63) is 10.7 Å². The molecule has 0 rings (SSSR count). The van der Waals surface area contributed by atoms with Crippen LogP contribution in [-0.4, -0.2) is 44.2 Å². The third-order valence-corrected chi connectivity index (χ3v) is 1.67. The van der Waals surface area contributed by atoms with Crippen molar-refractivity contribution in [2.75, 3.05) is 20.7 Å². The summed E-state index contributed by atoms with van der Waals surface area (Å²) in [6.07, 6.45) is 1.82. The largest absolute Gasteiger partial charge is 0.449 e. The van der Waals surface area contributed by atoms with E-state index in [4.69, 9.17) is 16.9 Å². The summed E-state index contributed by atoms with van der Waals surface area (Å²) in [5.74, 6) is 0. The lowest BCUT2D eigenvalue weighted by atomic mass is 10.3. The molecule has 0 aliphatic heterocycles. The van der Waals surface area contributed by atoms with Crippen LogP contribution in [0.2, 0.25) is 0 Å². The molecule has 0 aliphatic carbocycles. The van der Waals surface area contributed by atoms with Gasteiger partial charge in [-0.3, -0.25) is 0 Å². The van der Waals surface area contributed by atoms with Crippen LogP contribution in [0.4, 0.5) is 4.79 Å². The van der Waals surface area contributed by atoms with Crippen molar-refractivity contribution < 1.29 is 9.53 Å². The molecule has 0 saturated carbocycles.